The zero-order chi connectivity index (χ0) is 21.6. The number of carbonyl (C=O) groups excluding carboxylic acids is 1. The molecule has 1 aliphatic carbocycles. The fourth-order valence-electron chi connectivity index (χ4n) is 3.94. The van der Waals surface area contributed by atoms with Crippen LogP contribution in [0.1, 0.15) is 92.1 Å². The molecular weight excluding hydrogens is 400 g/mol. The zero-order valence-corrected chi connectivity index (χ0v) is 19.5. The summed E-state index contributed by atoms with van der Waals surface area (Å²) in [5, 5.41) is 4.51. The van der Waals surface area contributed by atoms with Gasteiger partial charge in [0.1, 0.15) is 0 Å². The Labute approximate surface area is 192 Å². The third-order valence-electron chi connectivity index (χ3n) is 5.84. The van der Waals surface area contributed by atoms with Gasteiger partial charge in [-0.15, -0.1) is 0 Å². The summed E-state index contributed by atoms with van der Waals surface area (Å²) in [6.45, 7) is 0. The van der Waals surface area contributed by atoms with Crippen LogP contribution in [-0.4, -0.2) is 11.6 Å². The molecule has 1 amide bonds. The SMILES string of the molecule is O=C(NN=C1CCCCCCCCCCC1)c1ccc(CSCc2ccccc2)cc1. The highest BCUT2D eigenvalue weighted by atomic mass is 32.2. The van der Waals surface area contributed by atoms with Crippen LogP contribution in [-0.2, 0) is 11.5 Å². The molecule has 0 atom stereocenters. The third-order valence-corrected chi connectivity index (χ3v) is 6.92. The van der Waals surface area contributed by atoms with Crippen LogP contribution in [0.3, 0.4) is 0 Å². The smallest absolute Gasteiger partial charge is 0.267 e. The minimum absolute atomic E-state index is 0.109. The van der Waals surface area contributed by atoms with Gasteiger partial charge >= 0.3 is 0 Å². The van der Waals surface area contributed by atoms with Crippen molar-refractivity contribution in [3.05, 3.63) is 71.3 Å². The van der Waals surface area contributed by atoms with Crippen LogP contribution in [0.4, 0.5) is 0 Å². The Kier molecular flexibility index (Phi) is 10.7. The van der Waals surface area contributed by atoms with E-state index in [9.17, 15) is 4.79 Å². The van der Waals surface area contributed by atoms with Gasteiger partial charge in [-0.2, -0.15) is 16.9 Å². The molecule has 2 aromatic rings. The Hall–Kier alpha value is -2.07. The maximum absolute atomic E-state index is 12.6. The second-order valence-electron chi connectivity index (χ2n) is 8.48. The molecule has 0 aromatic heterocycles. The van der Waals surface area contributed by atoms with Crippen LogP contribution in [0.15, 0.2) is 59.7 Å². The summed E-state index contributed by atoms with van der Waals surface area (Å²) in [5.41, 5.74) is 7.22. The molecule has 3 nitrogen and oxygen atoms in total. The van der Waals surface area contributed by atoms with E-state index in [1.165, 1.54) is 68.9 Å². The molecule has 3 rings (SSSR count). The molecule has 0 spiro atoms. The summed E-state index contributed by atoms with van der Waals surface area (Å²) in [6, 6.07) is 18.4. The second-order valence-corrected chi connectivity index (χ2v) is 9.46. The Bertz CT molecular complexity index is 788. The maximum atomic E-state index is 12.6. The lowest BCUT2D eigenvalue weighted by Crippen LogP contribution is -2.20. The van der Waals surface area contributed by atoms with Gasteiger partial charge in [-0.1, -0.05) is 87.4 Å². The number of carbonyl (C=O) groups is 1. The number of thioether (sulfide) groups is 1. The van der Waals surface area contributed by atoms with Crippen molar-refractivity contribution in [3.8, 4) is 0 Å². The van der Waals surface area contributed by atoms with E-state index in [-0.39, 0.29) is 5.91 Å². The van der Waals surface area contributed by atoms with Gasteiger partial charge in [-0.05, 0) is 48.9 Å². The average molecular weight is 437 g/mol. The summed E-state index contributed by atoms with van der Waals surface area (Å²) in [7, 11) is 0. The third kappa shape index (κ3) is 9.30. The van der Waals surface area contributed by atoms with E-state index >= 15 is 0 Å². The summed E-state index contributed by atoms with van der Waals surface area (Å²) in [6.07, 6.45) is 13.7. The highest BCUT2D eigenvalue weighted by Gasteiger charge is 2.07. The van der Waals surface area contributed by atoms with E-state index in [0.717, 1.165) is 30.1 Å². The highest BCUT2D eigenvalue weighted by molar-refractivity contribution is 7.97. The van der Waals surface area contributed by atoms with E-state index in [1.807, 2.05) is 30.0 Å². The molecule has 1 N–H and O–H groups in total. The zero-order valence-electron chi connectivity index (χ0n) is 18.7. The molecule has 0 aliphatic heterocycles. The Balaban J connectivity index is 1.45. The van der Waals surface area contributed by atoms with Crippen molar-refractivity contribution in [3.63, 3.8) is 0 Å². The summed E-state index contributed by atoms with van der Waals surface area (Å²) in [5.74, 6) is 1.83. The Morgan fingerprint density at radius 1 is 0.710 bits per heavy atom. The molecule has 1 aliphatic rings. The quantitative estimate of drug-likeness (QED) is 0.476. The fraction of sp³-hybridized carbons (Fsp3) is 0.481. The molecule has 0 radical (unpaired) electrons. The average Bonchev–Trinajstić information content (AvgIpc) is 2.80. The van der Waals surface area contributed by atoms with Crippen molar-refractivity contribution in [1.29, 1.82) is 0 Å². The molecule has 166 valence electrons. The largest absolute Gasteiger partial charge is 0.271 e. The number of hydrogen-bond acceptors (Lipinski definition) is 3. The molecule has 0 unspecified atom stereocenters. The van der Waals surface area contributed by atoms with Crippen molar-refractivity contribution in [2.45, 2.75) is 82.1 Å². The molecule has 31 heavy (non-hydrogen) atoms. The molecule has 0 saturated heterocycles. The van der Waals surface area contributed by atoms with Crippen LogP contribution in [0, 0.1) is 0 Å². The van der Waals surface area contributed by atoms with Gasteiger partial charge in [0.05, 0.1) is 0 Å². The van der Waals surface area contributed by atoms with E-state index in [1.54, 1.807) is 0 Å². The van der Waals surface area contributed by atoms with Crippen LogP contribution < -0.4 is 5.43 Å². The van der Waals surface area contributed by atoms with Crippen LogP contribution in [0.25, 0.3) is 0 Å². The molecule has 0 bridgehead atoms. The first-order valence-electron chi connectivity index (χ1n) is 11.9. The van der Waals surface area contributed by atoms with Crippen LogP contribution in [0.2, 0.25) is 0 Å². The topological polar surface area (TPSA) is 41.5 Å². The first kappa shape index (κ1) is 23.6. The predicted octanol–water partition coefficient (Wildman–Crippen LogP) is 7.51. The fourth-order valence-corrected chi connectivity index (χ4v) is 4.90. The number of rotatable bonds is 6. The number of hydrazone groups is 1. The van der Waals surface area contributed by atoms with E-state index < -0.39 is 0 Å². The number of hydrogen-bond donors (Lipinski definition) is 1. The van der Waals surface area contributed by atoms with Gasteiger partial charge in [0.25, 0.3) is 5.91 Å². The van der Waals surface area contributed by atoms with Gasteiger partial charge in [-0.3, -0.25) is 4.79 Å². The Morgan fingerprint density at radius 2 is 1.23 bits per heavy atom. The van der Waals surface area contributed by atoms with Crippen molar-refractivity contribution in [1.82, 2.24) is 5.43 Å². The summed E-state index contributed by atoms with van der Waals surface area (Å²) in [4.78, 5) is 12.6. The van der Waals surface area contributed by atoms with Gasteiger partial charge in [0.2, 0.25) is 0 Å². The molecule has 0 heterocycles. The normalized spacial score (nSPS) is 16.1. The van der Waals surface area contributed by atoms with Gasteiger partial charge in [0.15, 0.2) is 0 Å². The number of benzene rings is 2. The number of nitrogens with zero attached hydrogens (tertiary/aromatic N) is 1. The lowest BCUT2D eigenvalue weighted by molar-refractivity contribution is 0.0954. The monoisotopic (exact) mass is 436 g/mol. The molecule has 1 fully saturated rings. The van der Waals surface area contributed by atoms with Crippen LogP contribution >= 0.6 is 11.8 Å². The Morgan fingerprint density at radius 3 is 1.81 bits per heavy atom. The number of amides is 1. The molecule has 1 saturated carbocycles. The van der Waals surface area contributed by atoms with Crippen molar-refractivity contribution >= 4 is 23.4 Å². The van der Waals surface area contributed by atoms with E-state index in [0.29, 0.717) is 5.56 Å². The lowest BCUT2D eigenvalue weighted by Gasteiger charge is -2.10. The minimum atomic E-state index is -0.109. The van der Waals surface area contributed by atoms with Gasteiger partial charge < -0.3 is 0 Å². The minimum Gasteiger partial charge on any atom is -0.267 e. The first-order valence-corrected chi connectivity index (χ1v) is 13.0. The van der Waals surface area contributed by atoms with Gasteiger partial charge in [-0.25, -0.2) is 5.43 Å². The molecule has 4 heteroatoms. The molecule has 2 aromatic carbocycles. The molecular formula is C27H36N2OS. The number of nitrogens with one attached hydrogen (secondary N) is 1. The second kappa shape index (κ2) is 14.1. The summed E-state index contributed by atoms with van der Waals surface area (Å²) >= 11 is 1.89. The highest BCUT2D eigenvalue weighted by Crippen LogP contribution is 2.18. The van der Waals surface area contributed by atoms with Crippen molar-refractivity contribution in [2.24, 2.45) is 5.10 Å². The van der Waals surface area contributed by atoms with E-state index in [2.05, 4.69) is 46.9 Å². The van der Waals surface area contributed by atoms with Crippen molar-refractivity contribution < 1.29 is 4.79 Å². The van der Waals surface area contributed by atoms with Gasteiger partial charge in [0, 0.05) is 22.8 Å². The van der Waals surface area contributed by atoms with E-state index in [4.69, 9.17) is 0 Å². The van der Waals surface area contributed by atoms with Crippen molar-refractivity contribution in [2.75, 3.05) is 0 Å². The maximum Gasteiger partial charge on any atom is 0.271 e. The predicted molar refractivity (Wildman–Crippen MR) is 134 cm³/mol. The van der Waals surface area contributed by atoms with Crippen LogP contribution in [0.5, 0.6) is 0 Å². The first-order chi connectivity index (χ1) is 15.3. The standard InChI is InChI=1S/C27H36N2OS/c30-27(29-28-26-15-11-6-4-2-1-3-5-7-12-16-26)25-19-17-24(18-20-25)22-31-21-23-13-9-8-10-14-23/h8-10,13-14,17-20H,1-7,11-12,15-16,21-22H2,(H,29,30). The lowest BCUT2D eigenvalue weighted by atomic mass is 10.00. The summed E-state index contributed by atoms with van der Waals surface area (Å²) < 4.78 is 0.